The highest BCUT2D eigenvalue weighted by molar-refractivity contribution is 9.10. The summed E-state index contributed by atoms with van der Waals surface area (Å²) < 4.78 is 11.1. The first-order chi connectivity index (χ1) is 14.3. The van der Waals surface area contributed by atoms with Crippen LogP contribution in [-0.4, -0.2) is 35.3 Å². The van der Waals surface area contributed by atoms with Gasteiger partial charge in [-0.05, 0) is 52.3 Å². The van der Waals surface area contributed by atoms with Gasteiger partial charge in [0.1, 0.15) is 21.8 Å². The molecule has 0 saturated carbocycles. The molecule has 0 aliphatic heterocycles. The van der Waals surface area contributed by atoms with E-state index >= 15 is 0 Å². The first-order valence-electron chi connectivity index (χ1n) is 8.49. The van der Waals surface area contributed by atoms with E-state index in [1.54, 1.807) is 31.5 Å². The van der Waals surface area contributed by atoms with E-state index in [-0.39, 0.29) is 10.7 Å². The SMILES string of the molecule is COc1ccc2c(Cl)ncc(Br)c2c1.COc1ccc2c(Cl)ncc(C(=O)O)c2c1. The number of aromatic carboxylic acids is 1. The Hall–Kier alpha value is -2.61. The average Bonchev–Trinajstić information content (AvgIpc) is 2.76. The van der Waals surface area contributed by atoms with Gasteiger partial charge in [-0.15, -0.1) is 0 Å². The van der Waals surface area contributed by atoms with E-state index in [9.17, 15) is 4.79 Å². The molecular formula is C21H15BrCl2N2O4. The zero-order valence-electron chi connectivity index (χ0n) is 15.8. The summed E-state index contributed by atoms with van der Waals surface area (Å²) in [6.45, 7) is 0. The molecule has 9 heteroatoms. The lowest BCUT2D eigenvalue weighted by atomic mass is 10.1. The van der Waals surface area contributed by atoms with Crippen molar-refractivity contribution in [2.24, 2.45) is 0 Å². The number of carboxylic acids is 1. The molecule has 0 amide bonds. The van der Waals surface area contributed by atoms with Gasteiger partial charge in [-0.25, -0.2) is 14.8 Å². The fraction of sp³-hybridized carbons (Fsp3) is 0.0952. The van der Waals surface area contributed by atoms with Gasteiger partial charge in [0.25, 0.3) is 0 Å². The summed E-state index contributed by atoms with van der Waals surface area (Å²) in [6, 6.07) is 10.7. The van der Waals surface area contributed by atoms with E-state index in [0.717, 1.165) is 21.0 Å². The molecule has 154 valence electrons. The third-order valence-electron chi connectivity index (χ3n) is 4.27. The van der Waals surface area contributed by atoms with Crippen molar-refractivity contribution in [2.75, 3.05) is 14.2 Å². The molecule has 2 aromatic carbocycles. The topological polar surface area (TPSA) is 81.5 Å². The normalized spacial score (nSPS) is 10.4. The Morgan fingerprint density at radius 2 is 1.37 bits per heavy atom. The third kappa shape index (κ3) is 4.59. The number of pyridine rings is 2. The smallest absolute Gasteiger partial charge is 0.337 e. The Balaban J connectivity index is 0.000000172. The van der Waals surface area contributed by atoms with Gasteiger partial charge in [-0.3, -0.25) is 0 Å². The van der Waals surface area contributed by atoms with Crippen molar-refractivity contribution in [1.82, 2.24) is 9.97 Å². The molecule has 2 heterocycles. The third-order valence-corrected chi connectivity index (χ3v) is 5.51. The molecule has 6 nitrogen and oxygen atoms in total. The van der Waals surface area contributed by atoms with E-state index in [4.69, 9.17) is 37.8 Å². The first-order valence-corrected chi connectivity index (χ1v) is 10.0. The molecule has 0 radical (unpaired) electrons. The highest BCUT2D eigenvalue weighted by atomic mass is 79.9. The van der Waals surface area contributed by atoms with Crippen LogP contribution in [0.5, 0.6) is 11.5 Å². The van der Waals surface area contributed by atoms with E-state index < -0.39 is 5.97 Å². The predicted molar refractivity (Wildman–Crippen MR) is 121 cm³/mol. The maximum Gasteiger partial charge on any atom is 0.337 e. The molecule has 0 saturated heterocycles. The number of halogens is 3. The average molecular weight is 510 g/mol. The standard InChI is InChI=1S/C11H8ClNO3.C10H7BrClNO/c1-16-6-2-3-7-8(4-6)9(11(14)15)5-13-10(7)12;1-14-6-2-3-7-8(4-6)9(11)5-13-10(7)12/h2-5H,1H3,(H,14,15);2-5H,1H3. The summed E-state index contributed by atoms with van der Waals surface area (Å²) in [6.07, 6.45) is 2.93. The lowest BCUT2D eigenvalue weighted by molar-refractivity contribution is 0.0698. The number of rotatable bonds is 3. The van der Waals surface area contributed by atoms with Gasteiger partial charge in [0, 0.05) is 38.4 Å². The monoisotopic (exact) mass is 508 g/mol. The molecule has 0 bridgehead atoms. The molecule has 2 aromatic heterocycles. The van der Waals surface area contributed by atoms with Crippen molar-refractivity contribution < 1.29 is 19.4 Å². The number of hydrogen-bond donors (Lipinski definition) is 1. The number of fused-ring (bicyclic) bond motifs is 2. The molecule has 0 fully saturated rings. The van der Waals surface area contributed by atoms with Crippen LogP contribution in [0.1, 0.15) is 10.4 Å². The van der Waals surface area contributed by atoms with Gasteiger partial charge < -0.3 is 14.6 Å². The van der Waals surface area contributed by atoms with Crippen LogP contribution in [0, 0.1) is 0 Å². The summed E-state index contributed by atoms with van der Waals surface area (Å²) in [7, 11) is 3.16. The van der Waals surface area contributed by atoms with Gasteiger partial charge >= 0.3 is 5.97 Å². The molecule has 30 heavy (non-hydrogen) atoms. The molecule has 0 aliphatic rings. The van der Waals surface area contributed by atoms with Crippen molar-refractivity contribution >= 4 is 66.6 Å². The van der Waals surface area contributed by atoms with E-state index in [2.05, 4.69) is 25.9 Å². The van der Waals surface area contributed by atoms with Crippen LogP contribution in [0.4, 0.5) is 0 Å². The molecule has 4 aromatic rings. The number of carboxylic acid groups (broad SMARTS) is 1. The van der Waals surface area contributed by atoms with Crippen LogP contribution in [0.3, 0.4) is 0 Å². The van der Waals surface area contributed by atoms with E-state index in [0.29, 0.717) is 21.7 Å². The maximum absolute atomic E-state index is 11.0. The van der Waals surface area contributed by atoms with Crippen LogP contribution in [-0.2, 0) is 0 Å². The second-order valence-corrected chi connectivity index (χ2v) is 7.56. The van der Waals surface area contributed by atoms with Gasteiger partial charge in [-0.1, -0.05) is 23.2 Å². The minimum atomic E-state index is -1.04. The number of ether oxygens (including phenoxy) is 2. The number of carbonyl (C=O) groups is 1. The lowest BCUT2D eigenvalue weighted by Gasteiger charge is -2.06. The zero-order valence-corrected chi connectivity index (χ0v) is 18.9. The minimum absolute atomic E-state index is 0.110. The molecule has 0 unspecified atom stereocenters. The van der Waals surface area contributed by atoms with Crippen LogP contribution < -0.4 is 9.47 Å². The van der Waals surface area contributed by atoms with Crippen molar-refractivity contribution in [2.45, 2.75) is 0 Å². The van der Waals surface area contributed by atoms with Crippen LogP contribution in [0.15, 0.2) is 53.3 Å². The zero-order chi connectivity index (χ0) is 21.8. The quantitative estimate of drug-likeness (QED) is 0.328. The van der Waals surface area contributed by atoms with Crippen molar-refractivity contribution in [3.05, 3.63) is 69.1 Å². The highest BCUT2D eigenvalue weighted by Crippen LogP contribution is 2.31. The van der Waals surface area contributed by atoms with Crippen molar-refractivity contribution in [3.63, 3.8) is 0 Å². The fourth-order valence-corrected chi connectivity index (χ4v) is 3.62. The maximum atomic E-state index is 11.0. The fourth-order valence-electron chi connectivity index (χ4n) is 2.76. The molecule has 4 rings (SSSR count). The molecule has 0 atom stereocenters. The molecular weight excluding hydrogens is 495 g/mol. The Morgan fingerprint density at radius 3 is 1.90 bits per heavy atom. The number of aromatic nitrogens is 2. The number of nitrogens with zero attached hydrogens (tertiary/aromatic N) is 2. The van der Waals surface area contributed by atoms with Crippen LogP contribution in [0.25, 0.3) is 21.5 Å². The number of methoxy groups -OCH3 is 2. The summed E-state index contributed by atoms with van der Waals surface area (Å²) in [5.41, 5.74) is 0.110. The van der Waals surface area contributed by atoms with Crippen LogP contribution in [0.2, 0.25) is 10.3 Å². The highest BCUT2D eigenvalue weighted by Gasteiger charge is 2.12. The summed E-state index contributed by atoms with van der Waals surface area (Å²) in [5, 5.41) is 12.8. The molecule has 0 spiro atoms. The minimum Gasteiger partial charge on any atom is -0.497 e. The summed E-state index contributed by atoms with van der Waals surface area (Å²) >= 11 is 15.3. The number of hydrogen-bond acceptors (Lipinski definition) is 5. The van der Waals surface area contributed by atoms with Gasteiger partial charge in [-0.2, -0.15) is 0 Å². The Morgan fingerprint density at radius 1 is 0.867 bits per heavy atom. The molecule has 1 N–H and O–H groups in total. The lowest BCUT2D eigenvalue weighted by Crippen LogP contribution is -1.99. The largest absolute Gasteiger partial charge is 0.497 e. The number of benzene rings is 2. The van der Waals surface area contributed by atoms with Crippen molar-refractivity contribution in [1.29, 1.82) is 0 Å². The second-order valence-electron chi connectivity index (χ2n) is 5.99. The summed E-state index contributed by atoms with van der Waals surface area (Å²) in [4.78, 5) is 18.9. The second kappa shape index (κ2) is 9.47. The first kappa shape index (κ1) is 22.1. The predicted octanol–water partition coefficient (Wildman–Crippen LogP) is 6.25. The Bertz CT molecular complexity index is 1250. The van der Waals surface area contributed by atoms with Gasteiger partial charge in [0.05, 0.1) is 19.8 Å². The Kier molecular flexibility index (Phi) is 6.97. The summed E-state index contributed by atoms with van der Waals surface area (Å²) in [5.74, 6) is 0.347. The van der Waals surface area contributed by atoms with Crippen molar-refractivity contribution in [3.8, 4) is 11.5 Å². The molecule has 0 aliphatic carbocycles. The van der Waals surface area contributed by atoms with Gasteiger partial charge in [0.2, 0.25) is 0 Å². The Labute approximate surface area is 190 Å². The van der Waals surface area contributed by atoms with E-state index in [1.165, 1.54) is 13.3 Å². The van der Waals surface area contributed by atoms with Gasteiger partial charge in [0.15, 0.2) is 0 Å². The van der Waals surface area contributed by atoms with E-state index in [1.807, 2.05) is 18.2 Å². The van der Waals surface area contributed by atoms with Crippen LogP contribution >= 0.6 is 39.1 Å².